The first-order valence-electron chi connectivity index (χ1n) is 6.33. The van der Waals surface area contributed by atoms with Crippen LogP contribution in [0.2, 0.25) is 0 Å². The first-order valence-corrected chi connectivity index (χ1v) is 6.33. The summed E-state index contributed by atoms with van der Waals surface area (Å²) in [6.07, 6.45) is 2.51. The van der Waals surface area contributed by atoms with Crippen LogP contribution in [0.15, 0.2) is 36.4 Å². The van der Waals surface area contributed by atoms with Crippen molar-refractivity contribution in [3.05, 3.63) is 47.5 Å². The van der Waals surface area contributed by atoms with Crippen LogP contribution < -0.4 is 11.1 Å². The number of hydrogen-bond donors (Lipinski definition) is 3. The minimum Gasteiger partial charge on any atom is -0.370 e. The van der Waals surface area contributed by atoms with Gasteiger partial charge in [-0.05, 0) is 47.2 Å². The average Bonchev–Trinajstić information content (AvgIpc) is 3.20. The van der Waals surface area contributed by atoms with Gasteiger partial charge in [0.25, 0.3) is 5.91 Å². The fraction of sp³-hybridized carbons (Fsp3) is 0.200. The van der Waals surface area contributed by atoms with E-state index in [2.05, 4.69) is 11.4 Å². The van der Waals surface area contributed by atoms with Gasteiger partial charge >= 0.3 is 0 Å². The second kappa shape index (κ2) is 4.39. The Morgan fingerprint density at radius 2 is 2.05 bits per heavy atom. The predicted molar refractivity (Wildman–Crippen MR) is 75.3 cm³/mol. The molecule has 0 bridgehead atoms. The minimum atomic E-state index is -0.341. The smallest absolute Gasteiger partial charge is 0.257 e. The van der Waals surface area contributed by atoms with E-state index in [9.17, 15) is 4.79 Å². The summed E-state index contributed by atoms with van der Waals surface area (Å²) >= 11 is 0. The molecule has 0 unspecified atom stereocenters. The molecule has 1 aliphatic rings. The second-order valence-electron chi connectivity index (χ2n) is 4.93. The van der Waals surface area contributed by atoms with Gasteiger partial charge in [-0.2, -0.15) is 0 Å². The van der Waals surface area contributed by atoms with Gasteiger partial charge in [0, 0.05) is 5.56 Å². The number of amides is 1. The number of guanidine groups is 1. The first-order chi connectivity index (χ1) is 9.15. The zero-order chi connectivity index (χ0) is 13.4. The summed E-state index contributed by atoms with van der Waals surface area (Å²) in [6.45, 7) is 0. The van der Waals surface area contributed by atoms with E-state index in [0.717, 1.165) is 5.39 Å². The Balaban J connectivity index is 2.02. The monoisotopic (exact) mass is 253 g/mol. The van der Waals surface area contributed by atoms with Gasteiger partial charge in [-0.3, -0.25) is 15.5 Å². The Labute approximate surface area is 111 Å². The van der Waals surface area contributed by atoms with Gasteiger partial charge in [0.15, 0.2) is 5.96 Å². The van der Waals surface area contributed by atoms with Crippen molar-refractivity contribution in [2.75, 3.05) is 0 Å². The molecule has 2 aromatic rings. The molecule has 4 nitrogen and oxygen atoms in total. The summed E-state index contributed by atoms with van der Waals surface area (Å²) in [4.78, 5) is 11.8. The molecule has 3 rings (SSSR count). The van der Waals surface area contributed by atoms with E-state index in [1.807, 2.05) is 24.3 Å². The highest BCUT2D eigenvalue weighted by Gasteiger charge is 2.25. The van der Waals surface area contributed by atoms with Crippen molar-refractivity contribution in [3.8, 4) is 0 Å². The van der Waals surface area contributed by atoms with Crippen LogP contribution in [0.4, 0.5) is 0 Å². The third kappa shape index (κ3) is 2.29. The minimum absolute atomic E-state index is 0.336. The van der Waals surface area contributed by atoms with Gasteiger partial charge in [0.05, 0.1) is 0 Å². The Morgan fingerprint density at radius 3 is 2.74 bits per heavy atom. The number of fused-ring (bicyclic) bond motifs is 1. The van der Waals surface area contributed by atoms with E-state index < -0.39 is 0 Å². The van der Waals surface area contributed by atoms with Crippen LogP contribution in [-0.2, 0) is 0 Å². The molecule has 4 N–H and O–H groups in total. The SMILES string of the molecule is N=C(N)NC(=O)c1ccc2c(C3CC3)cccc2c1. The third-order valence-electron chi connectivity index (χ3n) is 3.44. The molecular weight excluding hydrogens is 238 g/mol. The molecule has 0 aromatic heterocycles. The first kappa shape index (κ1) is 11.7. The van der Waals surface area contributed by atoms with Gasteiger partial charge in [0.1, 0.15) is 0 Å². The van der Waals surface area contributed by atoms with Crippen molar-refractivity contribution in [2.24, 2.45) is 5.73 Å². The molecular formula is C15H15N3O. The summed E-state index contributed by atoms with van der Waals surface area (Å²) in [6, 6.07) is 11.8. The maximum absolute atomic E-state index is 11.8. The van der Waals surface area contributed by atoms with Crippen molar-refractivity contribution in [1.29, 1.82) is 5.41 Å². The van der Waals surface area contributed by atoms with Gasteiger partial charge in [-0.15, -0.1) is 0 Å². The van der Waals surface area contributed by atoms with E-state index in [1.165, 1.54) is 23.8 Å². The largest absolute Gasteiger partial charge is 0.370 e. The van der Waals surface area contributed by atoms with Gasteiger partial charge in [-0.1, -0.05) is 24.3 Å². The average molecular weight is 253 g/mol. The lowest BCUT2D eigenvalue weighted by Gasteiger charge is -2.07. The normalized spacial score (nSPS) is 14.3. The molecule has 1 aliphatic carbocycles. The molecule has 19 heavy (non-hydrogen) atoms. The molecule has 96 valence electrons. The number of carbonyl (C=O) groups excluding carboxylic acids is 1. The van der Waals surface area contributed by atoms with Crippen LogP contribution in [0.1, 0.15) is 34.7 Å². The van der Waals surface area contributed by atoms with Gasteiger partial charge in [-0.25, -0.2) is 0 Å². The fourth-order valence-corrected chi connectivity index (χ4v) is 2.39. The topological polar surface area (TPSA) is 79.0 Å². The van der Waals surface area contributed by atoms with Crippen molar-refractivity contribution < 1.29 is 4.79 Å². The third-order valence-corrected chi connectivity index (χ3v) is 3.44. The van der Waals surface area contributed by atoms with Crippen molar-refractivity contribution in [3.63, 3.8) is 0 Å². The Hall–Kier alpha value is -2.36. The standard InChI is InChI=1S/C15H15N3O/c16-15(17)18-14(19)11-6-7-13-10(8-11)2-1-3-12(13)9-4-5-9/h1-3,6-9H,4-5H2,(H4,16,17,18,19). The van der Waals surface area contributed by atoms with E-state index in [4.69, 9.17) is 11.1 Å². The molecule has 0 aliphatic heterocycles. The number of benzene rings is 2. The molecule has 1 saturated carbocycles. The predicted octanol–water partition coefficient (Wildman–Crippen LogP) is 2.34. The van der Waals surface area contributed by atoms with Crippen molar-refractivity contribution in [2.45, 2.75) is 18.8 Å². The van der Waals surface area contributed by atoms with Crippen LogP contribution in [-0.4, -0.2) is 11.9 Å². The molecule has 0 saturated heterocycles. The van der Waals surface area contributed by atoms with E-state index in [0.29, 0.717) is 11.5 Å². The number of hydrogen-bond acceptors (Lipinski definition) is 2. The highest BCUT2D eigenvalue weighted by molar-refractivity contribution is 6.06. The quantitative estimate of drug-likeness (QED) is 0.567. The molecule has 0 heterocycles. The van der Waals surface area contributed by atoms with E-state index in [-0.39, 0.29) is 11.9 Å². The highest BCUT2D eigenvalue weighted by Crippen LogP contribution is 2.43. The van der Waals surface area contributed by atoms with Gasteiger partial charge < -0.3 is 5.73 Å². The Kier molecular flexibility index (Phi) is 2.71. The molecule has 2 aromatic carbocycles. The zero-order valence-corrected chi connectivity index (χ0v) is 10.4. The second-order valence-corrected chi connectivity index (χ2v) is 4.93. The Morgan fingerprint density at radius 1 is 1.26 bits per heavy atom. The molecule has 1 amide bonds. The molecule has 1 fully saturated rings. The van der Waals surface area contributed by atoms with Crippen LogP contribution in [0.5, 0.6) is 0 Å². The summed E-state index contributed by atoms with van der Waals surface area (Å²) in [5.41, 5.74) is 7.06. The van der Waals surface area contributed by atoms with Crippen molar-refractivity contribution >= 4 is 22.6 Å². The molecule has 0 spiro atoms. The lowest BCUT2D eigenvalue weighted by atomic mass is 9.99. The van der Waals surface area contributed by atoms with Crippen LogP contribution in [0, 0.1) is 5.41 Å². The van der Waals surface area contributed by atoms with E-state index >= 15 is 0 Å². The fourth-order valence-electron chi connectivity index (χ4n) is 2.39. The summed E-state index contributed by atoms with van der Waals surface area (Å²) < 4.78 is 0. The maximum atomic E-state index is 11.8. The molecule has 0 radical (unpaired) electrons. The Bertz CT molecular complexity index is 674. The van der Waals surface area contributed by atoms with Gasteiger partial charge in [0.2, 0.25) is 0 Å². The zero-order valence-electron chi connectivity index (χ0n) is 10.4. The lowest BCUT2D eigenvalue weighted by Crippen LogP contribution is -2.35. The van der Waals surface area contributed by atoms with Crippen molar-refractivity contribution in [1.82, 2.24) is 5.32 Å². The highest BCUT2D eigenvalue weighted by atomic mass is 16.1. The number of carbonyl (C=O) groups is 1. The lowest BCUT2D eigenvalue weighted by molar-refractivity contribution is 0.0976. The number of nitrogens with two attached hydrogens (primary N) is 1. The van der Waals surface area contributed by atoms with Crippen LogP contribution >= 0.6 is 0 Å². The summed E-state index contributed by atoms with van der Waals surface area (Å²) in [5.74, 6) is 0.00338. The summed E-state index contributed by atoms with van der Waals surface area (Å²) in [7, 11) is 0. The van der Waals surface area contributed by atoms with Crippen LogP contribution in [0.25, 0.3) is 10.8 Å². The van der Waals surface area contributed by atoms with Crippen LogP contribution in [0.3, 0.4) is 0 Å². The number of rotatable bonds is 2. The molecule has 0 atom stereocenters. The molecule has 4 heteroatoms. The number of nitrogens with one attached hydrogen (secondary N) is 2. The van der Waals surface area contributed by atoms with E-state index in [1.54, 1.807) is 6.07 Å². The summed E-state index contributed by atoms with van der Waals surface area (Å²) in [5, 5.41) is 11.6. The maximum Gasteiger partial charge on any atom is 0.257 e.